The highest BCUT2D eigenvalue weighted by molar-refractivity contribution is 7.99. The Bertz CT molecular complexity index is 1400. The van der Waals surface area contributed by atoms with E-state index in [1.807, 2.05) is 29.3 Å². The van der Waals surface area contributed by atoms with Crippen molar-refractivity contribution in [2.75, 3.05) is 24.8 Å². The summed E-state index contributed by atoms with van der Waals surface area (Å²) in [7, 11) is 0. The van der Waals surface area contributed by atoms with Gasteiger partial charge in [0, 0.05) is 23.7 Å². The summed E-state index contributed by atoms with van der Waals surface area (Å²) in [6.45, 7) is 0.842. The first kappa shape index (κ1) is 21.2. The van der Waals surface area contributed by atoms with Gasteiger partial charge in [-0.3, -0.25) is 19.3 Å². The topological polar surface area (TPSA) is 75.0 Å². The van der Waals surface area contributed by atoms with Crippen molar-refractivity contribution in [3.8, 4) is 5.75 Å². The van der Waals surface area contributed by atoms with E-state index in [-0.39, 0.29) is 17.2 Å². The summed E-state index contributed by atoms with van der Waals surface area (Å²) < 4.78 is 36.1. The molecular formula is C24H19F2N3O4S. The molecule has 1 amide bonds. The van der Waals surface area contributed by atoms with Crippen molar-refractivity contribution in [2.24, 2.45) is 0 Å². The summed E-state index contributed by atoms with van der Waals surface area (Å²) in [6, 6.07) is 10.9. The molecule has 174 valence electrons. The van der Waals surface area contributed by atoms with Gasteiger partial charge in [-0.05, 0) is 29.7 Å². The van der Waals surface area contributed by atoms with Crippen LogP contribution in [0.2, 0.25) is 0 Å². The van der Waals surface area contributed by atoms with Gasteiger partial charge in [0.15, 0.2) is 23.1 Å². The third-order valence-corrected chi connectivity index (χ3v) is 7.77. The monoisotopic (exact) mass is 483 g/mol. The smallest absolute Gasteiger partial charge is 0.278 e. The number of rotatable bonds is 1. The maximum absolute atomic E-state index is 14.8. The predicted octanol–water partition coefficient (Wildman–Crippen LogP) is 3.03. The maximum Gasteiger partial charge on any atom is 0.278 e. The molecule has 0 aliphatic carbocycles. The highest BCUT2D eigenvalue weighted by Crippen LogP contribution is 2.45. The quantitative estimate of drug-likeness (QED) is 0.574. The lowest BCUT2D eigenvalue weighted by Gasteiger charge is -2.51. The first-order valence-corrected chi connectivity index (χ1v) is 11.6. The minimum atomic E-state index is -0.912. The third kappa shape index (κ3) is 3.05. The molecule has 0 bridgehead atoms. The zero-order valence-electron chi connectivity index (χ0n) is 17.8. The van der Waals surface area contributed by atoms with Crippen molar-refractivity contribution in [1.82, 2.24) is 9.58 Å². The number of nitrogens with zero attached hydrogens (tertiary/aromatic N) is 3. The fourth-order valence-corrected chi connectivity index (χ4v) is 6.11. The summed E-state index contributed by atoms with van der Waals surface area (Å²) in [4.78, 5) is 28.0. The molecule has 0 spiro atoms. The average Bonchev–Trinajstić information content (AvgIpc) is 3.01. The van der Waals surface area contributed by atoms with E-state index in [0.29, 0.717) is 25.1 Å². The van der Waals surface area contributed by atoms with Crippen LogP contribution >= 0.6 is 11.8 Å². The van der Waals surface area contributed by atoms with Crippen LogP contribution in [-0.2, 0) is 11.2 Å². The highest BCUT2D eigenvalue weighted by atomic mass is 32.2. The van der Waals surface area contributed by atoms with Crippen molar-refractivity contribution >= 4 is 17.7 Å². The lowest BCUT2D eigenvalue weighted by molar-refractivity contribution is -0.0211. The van der Waals surface area contributed by atoms with E-state index in [4.69, 9.17) is 4.74 Å². The SMILES string of the molecule is O=C1c2c(O)c(=O)ccn2N([C@H]2Cc3ccc(F)c(F)c3Sc3ccccc32)[C@@H]2COCCN12. The zero-order chi connectivity index (χ0) is 23.6. The first-order chi connectivity index (χ1) is 16.5. The first-order valence-electron chi connectivity index (χ1n) is 10.8. The molecule has 6 rings (SSSR count). The molecule has 10 heteroatoms. The van der Waals surface area contributed by atoms with Crippen LogP contribution in [-0.4, -0.2) is 46.5 Å². The Morgan fingerprint density at radius 3 is 2.76 bits per heavy atom. The molecule has 0 saturated carbocycles. The molecule has 2 aromatic carbocycles. The number of hydrogen-bond donors (Lipinski definition) is 1. The number of carbonyl (C=O) groups excluding carboxylic acids is 1. The summed E-state index contributed by atoms with van der Waals surface area (Å²) >= 11 is 1.17. The lowest BCUT2D eigenvalue weighted by Crippen LogP contribution is -2.66. The average molecular weight is 483 g/mol. The molecule has 1 aromatic heterocycles. The van der Waals surface area contributed by atoms with Crippen LogP contribution in [0.15, 0.2) is 63.2 Å². The van der Waals surface area contributed by atoms with Gasteiger partial charge in [0.1, 0.15) is 6.17 Å². The maximum atomic E-state index is 14.8. The normalized spacial score (nSPS) is 21.3. The van der Waals surface area contributed by atoms with E-state index in [1.165, 1.54) is 28.7 Å². The van der Waals surface area contributed by atoms with Gasteiger partial charge < -0.3 is 14.7 Å². The number of carbonyl (C=O) groups is 1. The van der Waals surface area contributed by atoms with Gasteiger partial charge in [-0.1, -0.05) is 36.0 Å². The Balaban J connectivity index is 1.60. The minimum Gasteiger partial charge on any atom is -0.502 e. The standard InChI is InChI=1S/C24H19F2N3O4S/c25-15-6-5-13-11-16(14-3-1-2-4-18(14)34-23(13)20(15)26)29-19-12-33-10-9-27(19)24(32)21-22(31)17(30)7-8-28(21)29/h1-8,16,19,31H,9-12H2/t16-,19+/m0/s1. The zero-order valence-corrected chi connectivity index (χ0v) is 18.6. The van der Waals surface area contributed by atoms with Gasteiger partial charge in [-0.2, -0.15) is 0 Å². The summed E-state index contributed by atoms with van der Waals surface area (Å²) in [5, 5.41) is 12.5. The Labute approximate surface area is 197 Å². The van der Waals surface area contributed by atoms with Crippen LogP contribution in [0.4, 0.5) is 8.78 Å². The molecule has 7 nitrogen and oxygen atoms in total. The van der Waals surface area contributed by atoms with Crippen molar-refractivity contribution in [3.63, 3.8) is 0 Å². The second-order valence-corrected chi connectivity index (χ2v) is 9.42. The summed E-state index contributed by atoms with van der Waals surface area (Å²) in [6.07, 6.45) is 1.25. The number of ether oxygens (including phenoxy) is 1. The molecular weight excluding hydrogens is 464 g/mol. The van der Waals surface area contributed by atoms with Gasteiger partial charge in [-0.25, -0.2) is 8.78 Å². The highest BCUT2D eigenvalue weighted by Gasteiger charge is 2.45. The number of amides is 1. The Morgan fingerprint density at radius 2 is 1.91 bits per heavy atom. The lowest BCUT2D eigenvalue weighted by atomic mass is 9.97. The number of fused-ring (bicyclic) bond motifs is 4. The Morgan fingerprint density at radius 1 is 1.09 bits per heavy atom. The second kappa shape index (κ2) is 7.85. The van der Waals surface area contributed by atoms with Crippen molar-refractivity contribution in [2.45, 2.75) is 28.4 Å². The van der Waals surface area contributed by atoms with Gasteiger partial charge in [0.2, 0.25) is 5.43 Å². The molecule has 3 aliphatic rings. The summed E-state index contributed by atoms with van der Waals surface area (Å²) in [5.74, 6) is -2.88. The molecule has 1 saturated heterocycles. The van der Waals surface area contributed by atoms with Crippen molar-refractivity contribution in [3.05, 3.63) is 87.3 Å². The van der Waals surface area contributed by atoms with E-state index in [2.05, 4.69) is 0 Å². The molecule has 2 atom stereocenters. The molecule has 1 fully saturated rings. The number of halogens is 2. The van der Waals surface area contributed by atoms with Crippen molar-refractivity contribution < 1.29 is 23.4 Å². The van der Waals surface area contributed by atoms with Crippen LogP contribution < -0.4 is 10.4 Å². The molecule has 3 aromatic rings. The van der Waals surface area contributed by atoms with E-state index in [0.717, 1.165) is 16.5 Å². The molecule has 0 unspecified atom stereocenters. The van der Waals surface area contributed by atoms with Gasteiger partial charge in [0.05, 0.1) is 24.2 Å². The molecule has 4 heterocycles. The Kier molecular flexibility index (Phi) is 4.89. The van der Waals surface area contributed by atoms with Gasteiger partial charge >= 0.3 is 0 Å². The predicted molar refractivity (Wildman–Crippen MR) is 120 cm³/mol. The largest absolute Gasteiger partial charge is 0.502 e. The fourth-order valence-electron chi connectivity index (χ4n) is 4.95. The van der Waals surface area contributed by atoms with Crippen LogP contribution in [0.5, 0.6) is 5.75 Å². The second-order valence-electron chi connectivity index (χ2n) is 8.37. The van der Waals surface area contributed by atoms with Crippen LogP contribution in [0, 0.1) is 11.6 Å². The molecule has 3 aliphatic heterocycles. The van der Waals surface area contributed by atoms with E-state index in [9.17, 15) is 23.5 Å². The molecule has 1 N–H and O–H groups in total. The van der Waals surface area contributed by atoms with Crippen LogP contribution in [0.1, 0.15) is 27.7 Å². The minimum absolute atomic E-state index is 0.120. The third-order valence-electron chi connectivity index (χ3n) is 6.53. The number of aromatic hydroxyl groups is 1. The molecule has 34 heavy (non-hydrogen) atoms. The van der Waals surface area contributed by atoms with Crippen LogP contribution in [0.3, 0.4) is 0 Å². The fraction of sp³-hybridized carbons (Fsp3) is 0.250. The van der Waals surface area contributed by atoms with E-state index < -0.39 is 40.9 Å². The van der Waals surface area contributed by atoms with Gasteiger partial charge in [-0.15, -0.1) is 0 Å². The number of morpholine rings is 1. The number of benzene rings is 2. The van der Waals surface area contributed by atoms with Gasteiger partial charge in [0.25, 0.3) is 5.91 Å². The van der Waals surface area contributed by atoms with E-state index >= 15 is 0 Å². The Hall–Kier alpha value is -3.37. The molecule has 0 radical (unpaired) electrons. The summed E-state index contributed by atoms with van der Waals surface area (Å²) in [5.41, 5.74) is 0.709. The van der Waals surface area contributed by atoms with Crippen LogP contribution in [0.25, 0.3) is 0 Å². The van der Waals surface area contributed by atoms with Crippen molar-refractivity contribution in [1.29, 1.82) is 0 Å². The number of aromatic nitrogens is 1. The van der Waals surface area contributed by atoms with E-state index in [1.54, 1.807) is 11.0 Å². The number of pyridine rings is 1. The number of hydrogen-bond acceptors (Lipinski definition) is 6.